The molecule has 0 amide bonds. The second-order valence-electron chi connectivity index (χ2n) is 5.37. The van der Waals surface area contributed by atoms with E-state index in [1.54, 1.807) is 0 Å². The zero-order valence-electron chi connectivity index (χ0n) is 9.98. The lowest BCUT2D eigenvalue weighted by Gasteiger charge is -2.29. The van der Waals surface area contributed by atoms with Crippen LogP contribution in [0.2, 0.25) is 0 Å². The van der Waals surface area contributed by atoms with E-state index in [1.165, 1.54) is 25.9 Å². The van der Waals surface area contributed by atoms with Crippen LogP contribution < -0.4 is 5.32 Å². The summed E-state index contributed by atoms with van der Waals surface area (Å²) in [6.07, 6.45) is 3.47. The Hall–Kier alpha value is -0.610. The van der Waals surface area contributed by atoms with Gasteiger partial charge in [0.15, 0.2) is 0 Å². The highest BCUT2D eigenvalue weighted by Crippen LogP contribution is 2.37. The molecule has 16 heavy (non-hydrogen) atoms. The zero-order chi connectivity index (χ0) is 11.5. The van der Waals surface area contributed by atoms with Crippen LogP contribution in [0.4, 0.5) is 0 Å². The Bertz CT molecular complexity index is 257. The first-order chi connectivity index (χ1) is 7.66. The summed E-state index contributed by atoms with van der Waals surface area (Å²) in [4.78, 5) is 13.0. The molecule has 1 aliphatic heterocycles. The minimum Gasteiger partial charge on any atom is -0.481 e. The Morgan fingerprint density at radius 2 is 2.31 bits per heavy atom. The summed E-state index contributed by atoms with van der Waals surface area (Å²) in [5.74, 6) is 0.449. The SMILES string of the molecule is CN1CCCC(CNCC2CC2C(=O)O)C1. The fourth-order valence-electron chi connectivity index (χ4n) is 2.69. The summed E-state index contributed by atoms with van der Waals surface area (Å²) in [5.41, 5.74) is 0. The van der Waals surface area contributed by atoms with Crippen molar-refractivity contribution in [2.75, 3.05) is 33.2 Å². The van der Waals surface area contributed by atoms with E-state index in [4.69, 9.17) is 5.11 Å². The highest BCUT2D eigenvalue weighted by atomic mass is 16.4. The van der Waals surface area contributed by atoms with Crippen molar-refractivity contribution >= 4 is 5.97 Å². The van der Waals surface area contributed by atoms with Crippen LogP contribution in [-0.2, 0) is 4.79 Å². The van der Waals surface area contributed by atoms with E-state index in [1.807, 2.05) is 0 Å². The van der Waals surface area contributed by atoms with Gasteiger partial charge in [0.2, 0.25) is 0 Å². The van der Waals surface area contributed by atoms with Crippen LogP contribution in [0.25, 0.3) is 0 Å². The lowest BCUT2D eigenvalue weighted by Crippen LogP contribution is -2.37. The number of aliphatic carboxylic acids is 1. The van der Waals surface area contributed by atoms with Gasteiger partial charge in [-0.15, -0.1) is 0 Å². The summed E-state index contributed by atoms with van der Waals surface area (Å²) in [5, 5.41) is 12.2. The van der Waals surface area contributed by atoms with E-state index < -0.39 is 5.97 Å². The Morgan fingerprint density at radius 1 is 1.50 bits per heavy atom. The Balaban J connectivity index is 1.57. The lowest BCUT2D eigenvalue weighted by atomic mass is 9.98. The molecule has 0 bridgehead atoms. The van der Waals surface area contributed by atoms with Crippen molar-refractivity contribution in [2.24, 2.45) is 17.8 Å². The molecule has 0 aromatic carbocycles. The highest BCUT2D eigenvalue weighted by Gasteiger charge is 2.42. The Labute approximate surface area is 97.0 Å². The van der Waals surface area contributed by atoms with Crippen molar-refractivity contribution in [3.8, 4) is 0 Å². The molecular weight excluding hydrogens is 204 g/mol. The van der Waals surface area contributed by atoms with E-state index in [9.17, 15) is 4.79 Å². The fourth-order valence-corrected chi connectivity index (χ4v) is 2.69. The number of hydrogen-bond acceptors (Lipinski definition) is 3. The minimum absolute atomic E-state index is 0.0680. The number of rotatable bonds is 5. The van der Waals surface area contributed by atoms with Gasteiger partial charge in [0.05, 0.1) is 5.92 Å². The number of nitrogens with zero attached hydrogens (tertiary/aromatic N) is 1. The molecule has 1 saturated carbocycles. The summed E-state index contributed by atoms with van der Waals surface area (Å²) >= 11 is 0. The van der Waals surface area contributed by atoms with Gasteiger partial charge in [-0.05, 0) is 57.8 Å². The van der Waals surface area contributed by atoms with Crippen molar-refractivity contribution in [3.05, 3.63) is 0 Å². The molecule has 3 unspecified atom stereocenters. The third-order valence-electron chi connectivity index (χ3n) is 3.80. The van der Waals surface area contributed by atoms with Gasteiger partial charge in [-0.3, -0.25) is 4.79 Å². The molecule has 4 nitrogen and oxygen atoms in total. The van der Waals surface area contributed by atoms with Gasteiger partial charge in [-0.25, -0.2) is 0 Å². The Kier molecular flexibility index (Phi) is 3.82. The van der Waals surface area contributed by atoms with Crippen molar-refractivity contribution in [1.82, 2.24) is 10.2 Å². The average Bonchev–Trinajstić information content (AvgIpc) is 2.97. The predicted molar refractivity (Wildman–Crippen MR) is 62.3 cm³/mol. The number of hydrogen-bond donors (Lipinski definition) is 2. The van der Waals surface area contributed by atoms with Crippen molar-refractivity contribution in [3.63, 3.8) is 0 Å². The molecule has 1 heterocycles. The van der Waals surface area contributed by atoms with Crippen LogP contribution in [0, 0.1) is 17.8 Å². The van der Waals surface area contributed by atoms with Gasteiger partial charge in [0.25, 0.3) is 0 Å². The van der Waals surface area contributed by atoms with E-state index in [0.29, 0.717) is 5.92 Å². The first-order valence-corrected chi connectivity index (χ1v) is 6.29. The predicted octanol–water partition coefficient (Wildman–Crippen LogP) is 0.639. The number of carboxylic acid groups (broad SMARTS) is 1. The van der Waals surface area contributed by atoms with E-state index in [-0.39, 0.29) is 5.92 Å². The number of piperidine rings is 1. The molecule has 1 saturated heterocycles. The number of carboxylic acids is 1. The average molecular weight is 226 g/mol. The molecule has 2 N–H and O–H groups in total. The first kappa shape index (κ1) is 11.9. The van der Waals surface area contributed by atoms with Gasteiger partial charge in [0, 0.05) is 6.54 Å². The quantitative estimate of drug-likeness (QED) is 0.722. The van der Waals surface area contributed by atoms with Gasteiger partial charge >= 0.3 is 5.97 Å². The highest BCUT2D eigenvalue weighted by molar-refractivity contribution is 5.73. The van der Waals surface area contributed by atoms with Crippen molar-refractivity contribution in [2.45, 2.75) is 19.3 Å². The van der Waals surface area contributed by atoms with Crippen LogP contribution in [0.15, 0.2) is 0 Å². The lowest BCUT2D eigenvalue weighted by molar-refractivity contribution is -0.138. The maximum Gasteiger partial charge on any atom is 0.306 e. The molecule has 2 aliphatic rings. The Morgan fingerprint density at radius 3 is 2.94 bits per heavy atom. The maximum atomic E-state index is 10.6. The largest absolute Gasteiger partial charge is 0.481 e. The molecule has 2 fully saturated rings. The first-order valence-electron chi connectivity index (χ1n) is 6.29. The van der Waals surface area contributed by atoms with Crippen LogP contribution >= 0.6 is 0 Å². The normalized spacial score (nSPS) is 34.9. The molecule has 3 atom stereocenters. The monoisotopic (exact) mass is 226 g/mol. The summed E-state index contributed by atoms with van der Waals surface area (Å²) in [7, 11) is 2.17. The van der Waals surface area contributed by atoms with Gasteiger partial charge in [-0.1, -0.05) is 0 Å². The number of carbonyl (C=O) groups is 1. The smallest absolute Gasteiger partial charge is 0.306 e. The molecule has 0 aromatic rings. The third-order valence-corrected chi connectivity index (χ3v) is 3.80. The van der Waals surface area contributed by atoms with Gasteiger partial charge in [-0.2, -0.15) is 0 Å². The molecule has 2 rings (SSSR count). The van der Waals surface area contributed by atoms with E-state index >= 15 is 0 Å². The molecule has 0 aromatic heterocycles. The van der Waals surface area contributed by atoms with Crippen LogP contribution in [0.1, 0.15) is 19.3 Å². The zero-order valence-corrected chi connectivity index (χ0v) is 9.98. The minimum atomic E-state index is -0.621. The van der Waals surface area contributed by atoms with Crippen molar-refractivity contribution < 1.29 is 9.90 Å². The number of likely N-dealkylation sites (tertiary alicyclic amines) is 1. The van der Waals surface area contributed by atoms with Crippen LogP contribution in [0.3, 0.4) is 0 Å². The summed E-state index contributed by atoms with van der Waals surface area (Å²) in [6, 6.07) is 0. The van der Waals surface area contributed by atoms with Gasteiger partial charge in [0.1, 0.15) is 0 Å². The third kappa shape index (κ3) is 3.19. The standard InChI is InChI=1S/C12H22N2O2/c1-14-4-2-3-9(8-14)6-13-7-10-5-11(10)12(15)16/h9-11,13H,2-8H2,1H3,(H,15,16). The van der Waals surface area contributed by atoms with E-state index in [0.717, 1.165) is 25.4 Å². The summed E-state index contributed by atoms with van der Waals surface area (Å²) < 4.78 is 0. The maximum absolute atomic E-state index is 10.6. The second-order valence-corrected chi connectivity index (χ2v) is 5.37. The van der Waals surface area contributed by atoms with Gasteiger partial charge < -0.3 is 15.3 Å². The van der Waals surface area contributed by atoms with Crippen LogP contribution in [0.5, 0.6) is 0 Å². The van der Waals surface area contributed by atoms with Crippen LogP contribution in [-0.4, -0.2) is 49.2 Å². The topological polar surface area (TPSA) is 52.6 Å². The molecule has 0 spiro atoms. The fraction of sp³-hybridized carbons (Fsp3) is 0.917. The molecule has 4 heteroatoms. The number of nitrogens with one attached hydrogen (secondary N) is 1. The summed E-state index contributed by atoms with van der Waals surface area (Å²) in [6.45, 7) is 4.34. The molecular formula is C12H22N2O2. The molecule has 1 aliphatic carbocycles. The van der Waals surface area contributed by atoms with Crippen molar-refractivity contribution in [1.29, 1.82) is 0 Å². The second kappa shape index (κ2) is 5.15. The van der Waals surface area contributed by atoms with E-state index in [2.05, 4.69) is 17.3 Å². The molecule has 0 radical (unpaired) electrons. The molecule has 92 valence electrons.